The maximum Gasteiger partial charge on any atom is 0.258 e. The number of carbonyl (C=O) groups excluding carboxylic acids is 1. The first-order chi connectivity index (χ1) is 14.1. The van der Waals surface area contributed by atoms with Crippen molar-refractivity contribution in [2.45, 2.75) is 17.0 Å². The Morgan fingerprint density at radius 3 is 2.76 bits per heavy atom. The van der Waals surface area contributed by atoms with E-state index >= 15 is 0 Å². The molecule has 1 N–H and O–H groups in total. The Kier molecular flexibility index (Phi) is 5.51. The number of carbonyl (C=O) groups is 1. The molecule has 2 aromatic carbocycles. The molecule has 6 nitrogen and oxygen atoms in total. The van der Waals surface area contributed by atoms with Crippen molar-refractivity contribution in [3.05, 3.63) is 77.0 Å². The predicted molar refractivity (Wildman–Crippen MR) is 115 cm³/mol. The molecule has 0 aliphatic carbocycles. The van der Waals surface area contributed by atoms with Gasteiger partial charge in [0.2, 0.25) is 5.13 Å². The lowest BCUT2D eigenvalue weighted by Gasteiger charge is -2.07. The van der Waals surface area contributed by atoms with Gasteiger partial charge in [-0.1, -0.05) is 53.4 Å². The van der Waals surface area contributed by atoms with E-state index in [-0.39, 0.29) is 5.91 Å². The van der Waals surface area contributed by atoms with Gasteiger partial charge in [0, 0.05) is 16.8 Å². The lowest BCUT2D eigenvalue weighted by atomic mass is 10.1. The van der Waals surface area contributed by atoms with Crippen LogP contribution in [0.3, 0.4) is 0 Å². The van der Waals surface area contributed by atoms with E-state index in [0.29, 0.717) is 22.0 Å². The van der Waals surface area contributed by atoms with Crippen LogP contribution < -0.4 is 5.32 Å². The number of hydrogen-bond donors (Lipinski definition) is 1. The Hall–Kier alpha value is -3.28. The summed E-state index contributed by atoms with van der Waals surface area (Å²) in [6.07, 6.45) is 0. The van der Waals surface area contributed by atoms with Crippen molar-refractivity contribution in [2.24, 2.45) is 0 Å². The van der Waals surface area contributed by atoms with Crippen LogP contribution in [-0.2, 0) is 5.75 Å². The summed E-state index contributed by atoms with van der Waals surface area (Å²) in [4.78, 5) is 17.3. The Bertz CT molecular complexity index is 1230. The first-order valence-electron chi connectivity index (χ1n) is 8.75. The molecule has 8 heteroatoms. The van der Waals surface area contributed by atoms with Gasteiger partial charge in [0.05, 0.1) is 22.7 Å². The highest BCUT2D eigenvalue weighted by atomic mass is 32.2. The number of aryl methyl sites for hydroxylation is 1. The zero-order valence-electron chi connectivity index (χ0n) is 15.4. The summed E-state index contributed by atoms with van der Waals surface area (Å²) in [5.41, 5.74) is 3.86. The van der Waals surface area contributed by atoms with Crippen LogP contribution in [0.1, 0.15) is 27.2 Å². The van der Waals surface area contributed by atoms with Crippen LogP contribution >= 0.6 is 23.1 Å². The topological polar surface area (TPSA) is 91.6 Å². The molecule has 142 valence electrons. The van der Waals surface area contributed by atoms with E-state index in [0.717, 1.165) is 26.5 Å². The number of nitrogens with one attached hydrogen (secondary N) is 1. The minimum Gasteiger partial charge on any atom is -0.296 e. The van der Waals surface area contributed by atoms with Crippen molar-refractivity contribution < 1.29 is 4.79 Å². The van der Waals surface area contributed by atoms with Crippen LogP contribution in [0.5, 0.6) is 0 Å². The fourth-order valence-corrected chi connectivity index (χ4v) is 4.50. The smallest absolute Gasteiger partial charge is 0.258 e. The Morgan fingerprint density at radius 1 is 1.17 bits per heavy atom. The number of fused-ring (bicyclic) bond motifs is 1. The number of amides is 1. The standard InChI is InChI=1S/C21H15N5OS2/c1-13-10-17(16-4-2-3-5-18(16)23-13)19(27)24-20-25-26-21(29-20)28-12-15-8-6-14(11-22)7-9-15/h2-10H,12H2,1H3,(H,24,25,27). The Labute approximate surface area is 175 Å². The first kappa shape index (κ1) is 19.1. The third kappa shape index (κ3) is 4.42. The van der Waals surface area contributed by atoms with E-state index in [4.69, 9.17) is 5.26 Å². The summed E-state index contributed by atoms with van der Waals surface area (Å²) in [5, 5.41) is 21.2. The number of anilines is 1. The van der Waals surface area contributed by atoms with Crippen molar-refractivity contribution in [1.29, 1.82) is 5.26 Å². The third-order valence-electron chi connectivity index (χ3n) is 4.16. The Balaban J connectivity index is 1.45. The summed E-state index contributed by atoms with van der Waals surface area (Å²) < 4.78 is 0.764. The van der Waals surface area contributed by atoms with Crippen LogP contribution in [0.2, 0.25) is 0 Å². The second kappa shape index (κ2) is 8.39. The van der Waals surface area contributed by atoms with E-state index in [9.17, 15) is 4.79 Å². The summed E-state index contributed by atoms with van der Waals surface area (Å²) >= 11 is 2.87. The molecule has 0 bridgehead atoms. The molecule has 0 atom stereocenters. The number of benzene rings is 2. The highest BCUT2D eigenvalue weighted by molar-refractivity contribution is 8.00. The molecule has 0 unspecified atom stereocenters. The maximum atomic E-state index is 12.8. The molecular weight excluding hydrogens is 402 g/mol. The zero-order chi connectivity index (χ0) is 20.2. The molecule has 29 heavy (non-hydrogen) atoms. The molecule has 0 spiro atoms. The van der Waals surface area contributed by atoms with E-state index in [1.54, 1.807) is 18.2 Å². The van der Waals surface area contributed by atoms with Gasteiger partial charge in [-0.05, 0) is 36.8 Å². The van der Waals surface area contributed by atoms with Gasteiger partial charge in [-0.15, -0.1) is 10.2 Å². The number of thioether (sulfide) groups is 1. The second-order valence-corrected chi connectivity index (χ2v) is 8.45. The van der Waals surface area contributed by atoms with Gasteiger partial charge < -0.3 is 0 Å². The predicted octanol–water partition coefficient (Wildman–Crippen LogP) is 4.81. The fourth-order valence-electron chi connectivity index (χ4n) is 2.80. The minimum atomic E-state index is -0.230. The molecule has 0 saturated heterocycles. The van der Waals surface area contributed by atoms with Crippen molar-refractivity contribution in [1.82, 2.24) is 15.2 Å². The van der Waals surface area contributed by atoms with Crippen molar-refractivity contribution in [3.63, 3.8) is 0 Å². The monoisotopic (exact) mass is 417 g/mol. The van der Waals surface area contributed by atoms with E-state index in [1.165, 1.54) is 23.1 Å². The summed E-state index contributed by atoms with van der Waals surface area (Å²) in [5.74, 6) is 0.481. The molecule has 0 aliphatic heterocycles. The largest absolute Gasteiger partial charge is 0.296 e. The number of para-hydroxylation sites is 1. The zero-order valence-corrected chi connectivity index (χ0v) is 17.0. The van der Waals surface area contributed by atoms with Crippen molar-refractivity contribution in [3.8, 4) is 6.07 Å². The van der Waals surface area contributed by atoms with Crippen LogP contribution in [-0.4, -0.2) is 21.1 Å². The first-order valence-corrected chi connectivity index (χ1v) is 10.6. The molecule has 1 amide bonds. The normalized spacial score (nSPS) is 10.6. The van der Waals surface area contributed by atoms with Crippen LogP contribution in [0.15, 0.2) is 58.9 Å². The minimum absolute atomic E-state index is 0.230. The molecule has 2 aromatic heterocycles. The number of nitriles is 1. The summed E-state index contributed by atoms with van der Waals surface area (Å²) in [6, 6.07) is 18.9. The second-order valence-electron chi connectivity index (χ2n) is 6.25. The SMILES string of the molecule is Cc1cc(C(=O)Nc2nnc(SCc3ccc(C#N)cc3)s2)c2ccccc2n1. The summed E-state index contributed by atoms with van der Waals surface area (Å²) in [7, 11) is 0. The van der Waals surface area contributed by atoms with E-state index in [1.807, 2.05) is 43.3 Å². The highest BCUT2D eigenvalue weighted by Crippen LogP contribution is 2.29. The quantitative estimate of drug-likeness (QED) is 0.370. The average molecular weight is 418 g/mol. The van der Waals surface area contributed by atoms with Crippen LogP contribution in [0, 0.1) is 18.3 Å². The lowest BCUT2D eigenvalue weighted by molar-refractivity contribution is 0.102. The van der Waals surface area contributed by atoms with E-state index in [2.05, 4.69) is 26.6 Å². The fraction of sp³-hybridized carbons (Fsp3) is 0.0952. The molecule has 4 aromatic rings. The highest BCUT2D eigenvalue weighted by Gasteiger charge is 2.14. The van der Waals surface area contributed by atoms with Gasteiger partial charge in [-0.3, -0.25) is 15.1 Å². The van der Waals surface area contributed by atoms with Gasteiger partial charge >= 0.3 is 0 Å². The van der Waals surface area contributed by atoms with Gasteiger partial charge in [0.1, 0.15) is 0 Å². The molecule has 4 rings (SSSR count). The Morgan fingerprint density at radius 2 is 1.97 bits per heavy atom. The number of nitrogens with zero attached hydrogens (tertiary/aromatic N) is 4. The molecule has 0 fully saturated rings. The number of pyridine rings is 1. The van der Waals surface area contributed by atoms with Crippen LogP contribution in [0.4, 0.5) is 5.13 Å². The van der Waals surface area contributed by atoms with Gasteiger partial charge in [0.15, 0.2) is 4.34 Å². The van der Waals surface area contributed by atoms with E-state index < -0.39 is 0 Å². The third-order valence-corrected chi connectivity index (χ3v) is 6.20. The van der Waals surface area contributed by atoms with Crippen LogP contribution in [0.25, 0.3) is 10.9 Å². The molecule has 0 saturated carbocycles. The number of rotatable bonds is 5. The average Bonchev–Trinajstić information content (AvgIpc) is 3.19. The van der Waals surface area contributed by atoms with Crippen molar-refractivity contribution >= 4 is 45.0 Å². The molecule has 0 aliphatic rings. The molecule has 2 heterocycles. The number of hydrogen-bond acceptors (Lipinski definition) is 7. The maximum absolute atomic E-state index is 12.8. The molecular formula is C21H15N5OS2. The van der Waals surface area contributed by atoms with Gasteiger partial charge in [0.25, 0.3) is 5.91 Å². The molecule has 0 radical (unpaired) electrons. The van der Waals surface area contributed by atoms with Gasteiger partial charge in [-0.2, -0.15) is 5.26 Å². The van der Waals surface area contributed by atoms with Gasteiger partial charge in [-0.25, -0.2) is 0 Å². The lowest BCUT2D eigenvalue weighted by Crippen LogP contribution is -2.13. The summed E-state index contributed by atoms with van der Waals surface area (Å²) in [6.45, 7) is 1.87. The van der Waals surface area contributed by atoms with Crippen molar-refractivity contribution in [2.75, 3.05) is 5.32 Å². The number of aromatic nitrogens is 3.